The predicted molar refractivity (Wildman–Crippen MR) is 115 cm³/mol. The van der Waals surface area contributed by atoms with Gasteiger partial charge in [-0.3, -0.25) is 5.10 Å². The number of aromatic amines is 1. The predicted octanol–water partition coefficient (Wildman–Crippen LogP) is 3.44. The first-order chi connectivity index (χ1) is 14.3. The molecule has 0 unspecified atom stereocenters. The van der Waals surface area contributed by atoms with Gasteiger partial charge in [-0.15, -0.1) is 10.2 Å². The van der Waals surface area contributed by atoms with E-state index in [1.54, 1.807) is 11.3 Å². The normalized spacial score (nSPS) is 19.0. The highest BCUT2D eigenvalue weighted by Gasteiger charge is 2.24. The van der Waals surface area contributed by atoms with Crippen LogP contribution in [0.1, 0.15) is 12.0 Å². The number of rotatable bonds is 7. The molecule has 2 aromatic heterocycles. The number of nitrogens with zero attached hydrogens (tertiary/aromatic N) is 3. The standard InChI is InChI=1S/C21H22N6OS/c1-2-4-14(5-3-1)13-28-18-9-17(22-12-18)11-23-21-27-26-20(29-21)15-6-7-19-16(8-15)10-24-25-19/h1-8,10,17-18,22H,9,11-13H2,(H,23,27)(H,24,25)/t17-,18-/m1/s1. The van der Waals surface area contributed by atoms with Crippen molar-refractivity contribution in [3.63, 3.8) is 0 Å². The van der Waals surface area contributed by atoms with Gasteiger partial charge in [0.15, 0.2) is 0 Å². The summed E-state index contributed by atoms with van der Waals surface area (Å²) in [6.07, 6.45) is 3.05. The monoisotopic (exact) mass is 406 g/mol. The molecule has 1 saturated heterocycles. The minimum atomic E-state index is 0.244. The van der Waals surface area contributed by atoms with Crippen molar-refractivity contribution in [2.24, 2.45) is 0 Å². The average molecular weight is 407 g/mol. The Kier molecular flexibility index (Phi) is 5.21. The first kappa shape index (κ1) is 18.2. The number of aromatic nitrogens is 4. The molecule has 4 aromatic rings. The van der Waals surface area contributed by atoms with Crippen molar-refractivity contribution in [2.45, 2.75) is 25.2 Å². The second-order valence-electron chi connectivity index (χ2n) is 7.22. The number of benzene rings is 2. The van der Waals surface area contributed by atoms with Crippen LogP contribution in [0, 0.1) is 0 Å². The first-order valence-electron chi connectivity index (χ1n) is 9.73. The molecule has 0 bridgehead atoms. The molecule has 7 nitrogen and oxygen atoms in total. The number of ether oxygens (including phenoxy) is 1. The fourth-order valence-corrected chi connectivity index (χ4v) is 4.30. The minimum absolute atomic E-state index is 0.244. The van der Waals surface area contributed by atoms with Crippen LogP contribution in [0.5, 0.6) is 0 Å². The summed E-state index contributed by atoms with van der Waals surface area (Å²) in [5, 5.41) is 25.4. The Balaban J connectivity index is 1.12. The lowest BCUT2D eigenvalue weighted by molar-refractivity contribution is 0.0528. The molecule has 8 heteroatoms. The summed E-state index contributed by atoms with van der Waals surface area (Å²) >= 11 is 1.57. The van der Waals surface area contributed by atoms with Crippen molar-refractivity contribution >= 4 is 27.4 Å². The maximum Gasteiger partial charge on any atom is 0.206 e. The fraction of sp³-hybridized carbons (Fsp3) is 0.286. The summed E-state index contributed by atoms with van der Waals surface area (Å²) in [5.41, 5.74) is 3.29. The lowest BCUT2D eigenvalue weighted by Crippen LogP contribution is -2.29. The van der Waals surface area contributed by atoms with E-state index in [1.165, 1.54) is 5.56 Å². The Bertz CT molecular complexity index is 1080. The quantitative estimate of drug-likeness (QED) is 0.436. The van der Waals surface area contributed by atoms with Crippen molar-refractivity contribution in [1.29, 1.82) is 0 Å². The zero-order chi connectivity index (χ0) is 19.5. The van der Waals surface area contributed by atoms with Gasteiger partial charge in [-0.2, -0.15) is 5.10 Å². The van der Waals surface area contributed by atoms with Crippen molar-refractivity contribution in [3.8, 4) is 10.6 Å². The highest BCUT2D eigenvalue weighted by atomic mass is 32.1. The summed E-state index contributed by atoms with van der Waals surface area (Å²) in [6.45, 7) is 2.35. The van der Waals surface area contributed by atoms with Gasteiger partial charge in [-0.05, 0) is 30.2 Å². The van der Waals surface area contributed by atoms with Crippen molar-refractivity contribution < 1.29 is 4.74 Å². The van der Waals surface area contributed by atoms with Gasteiger partial charge < -0.3 is 15.4 Å². The average Bonchev–Trinajstić information content (AvgIpc) is 3.51. The molecule has 0 saturated carbocycles. The molecule has 1 aliphatic heterocycles. The molecule has 1 aliphatic rings. The van der Waals surface area contributed by atoms with E-state index in [-0.39, 0.29) is 6.10 Å². The molecular weight excluding hydrogens is 384 g/mol. The highest BCUT2D eigenvalue weighted by Crippen LogP contribution is 2.28. The SMILES string of the molecule is c1ccc(CO[C@H]2CN[C@@H](CNc3nnc(-c4ccc5[nH]ncc5c4)s3)C2)cc1. The van der Waals surface area contributed by atoms with Crippen LogP contribution in [-0.4, -0.2) is 45.6 Å². The molecule has 0 aliphatic carbocycles. The van der Waals surface area contributed by atoms with Crippen LogP contribution in [0.4, 0.5) is 5.13 Å². The molecule has 3 heterocycles. The summed E-state index contributed by atoms with van der Waals surface area (Å²) in [7, 11) is 0. The zero-order valence-corrected chi connectivity index (χ0v) is 16.7. The van der Waals surface area contributed by atoms with Gasteiger partial charge in [0.25, 0.3) is 0 Å². The van der Waals surface area contributed by atoms with Gasteiger partial charge in [-0.1, -0.05) is 41.7 Å². The van der Waals surface area contributed by atoms with Crippen LogP contribution in [0.3, 0.4) is 0 Å². The van der Waals surface area contributed by atoms with Crippen LogP contribution in [0.25, 0.3) is 21.5 Å². The second kappa shape index (κ2) is 8.28. The van der Waals surface area contributed by atoms with Gasteiger partial charge in [0.2, 0.25) is 5.13 Å². The molecular formula is C21H22N6OS. The topological polar surface area (TPSA) is 87.8 Å². The molecule has 5 rings (SSSR count). The molecule has 0 amide bonds. The van der Waals surface area contributed by atoms with Crippen LogP contribution in [-0.2, 0) is 11.3 Å². The molecule has 0 spiro atoms. The molecule has 29 heavy (non-hydrogen) atoms. The van der Waals surface area contributed by atoms with E-state index in [2.05, 4.69) is 49.2 Å². The number of H-pyrrole nitrogens is 1. The summed E-state index contributed by atoms with van der Waals surface area (Å²) < 4.78 is 6.04. The third-order valence-electron chi connectivity index (χ3n) is 5.12. The maximum absolute atomic E-state index is 6.04. The van der Waals surface area contributed by atoms with Gasteiger partial charge in [-0.25, -0.2) is 0 Å². The highest BCUT2D eigenvalue weighted by molar-refractivity contribution is 7.18. The number of hydrogen-bond acceptors (Lipinski definition) is 7. The van der Waals surface area contributed by atoms with Gasteiger partial charge in [0, 0.05) is 30.1 Å². The van der Waals surface area contributed by atoms with Gasteiger partial charge in [0.05, 0.1) is 24.4 Å². The van der Waals surface area contributed by atoms with Crippen molar-refractivity contribution in [2.75, 3.05) is 18.4 Å². The molecule has 2 aromatic carbocycles. The van der Waals surface area contributed by atoms with E-state index >= 15 is 0 Å². The number of hydrogen-bond donors (Lipinski definition) is 3. The Morgan fingerprint density at radius 2 is 2.07 bits per heavy atom. The van der Waals surface area contributed by atoms with Crippen LogP contribution >= 0.6 is 11.3 Å². The molecule has 3 N–H and O–H groups in total. The number of fused-ring (bicyclic) bond motifs is 1. The van der Waals surface area contributed by atoms with E-state index < -0.39 is 0 Å². The fourth-order valence-electron chi connectivity index (χ4n) is 3.55. The Hall–Kier alpha value is -2.81. The Morgan fingerprint density at radius 3 is 3.00 bits per heavy atom. The van der Waals surface area contributed by atoms with Crippen LogP contribution in [0.15, 0.2) is 54.7 Å². The first-order valence-corrected chi connectivity index (χ1v) is 10.5. The van der Waals surface area contributed by atoms with Crippen LogP contribution < -0.4 is 10.6 Å². The lowest BCUT2D eigenvalue weighted by atomic mass is 10.2. The maximum atomic E-state index is 6.04. The Morgan fingerprint density at radius 1 is 1.14 bits per heavy atom. The number of anilines is 1. The van der Waals surface area contributed by atoms with E-state index in [4.69, 9.17) is 4.74 Å². The third kappa shape index (κ3) is 4.29. The molecule has 2 atom stereocenters. The summed E-state index contributed by atoms with van der Waals surface area (Å²) in [4.78, 5) is 0. The molecule has 0 radical (unpaired) electrons. The van der Waals surface area contributed by atoms with E-state index in [1.807, 2.05) is 36.5 Å². The van der Waals surface area contributed by atoms with E-state index in [0.717, 1.165) is 46.1 Å². The van der Waals surface area contributed by atoms with Crippen LogP contribution in [0.2, 0.25) is 0 Å². The lowest BCUT2D eigenvalue weighted by Gasteiger charge is -2.12. The Labute approximate surface area is 172 Å². The zero-order valence-electron chi connectivity index (χ0n) is 15.8. The van der Waals surface area contributed by atoms with Gasteiger partial charge >= 0.3 is 0 Å². The van der Waals surface area contributed by atoms with E-state index in [0.29, 0.717) is 12.6 Å². The third-order valence-corrected chi connectivity index (χ3v) is 6.05. The summed E-state index contributed by atoms with van der Waals surface area (Å²) in [6, 6.07) is 16.8. The van der Waals surface area contributed by atoms with Gasteiger partial charge in [0.1, 0.15) is 5.01 Å². The van der Waals surface area contributed by atoms with E-state index in [9.17, 15) is 0 Å². The van der Waals surface area contributed by atoms with Crippen molar-refractivity contribution in [1.82, 2.24) is 25.7 Å². The smallest absolute Gasteiger partial charge is 0.206 e. The second-order valence-corrected chi connectivity index (χ2v) is 8.20. The van der Waals surface area contributed by atoms with Crippen molar-refractivity contribution in [3.05, 3.63) is 60.3 Å². The summed E-state index contributed by atoms with van der Waals surface area (Å²) in [5.74, 6) is 0. The largest absolute Gasteiger partial charge is 0.372 e. The molecule has 148 valence electrons. The molecule has 1 fully saturated rings. The number of nitrogens with one attached hydrogen (secondary N) is 3. The minimum Gasteiger partial charge on any atom is -0.372 e.